The lowest BCUT2D eigenvalue weighted by Gasteiger charge is -2.15. The Bertz CT molecular complexity index is 3210. The summed E-state index contributed by atoms with van der Waals surface area (Å²) in [5, 5.41) is 6.23. The monoisotopic (exact) mass is 691 g/mol. The van der Waals surface area contributed by atoms with E-state index in [2.05, 4.69) is 121 Å². The van der Waals surface area contributed by atoms with Gasteiger partial charge in [0.2, 0.25) is 5.89 Å². The summed E-state index contributed by atoms with van der Waals surface area (Å²) in [6.07, 6.45) is 0. The molecule has 8 aromatic carbocycles. The molecule has 0 aliphatic rings. The van der Waals surface area contributed by atoms with Gasteiger partial charge in [0.1, 0.15) is 16.7 Å². The zero-order valence-electron chi connectivity index (χ0n) is 28.9. The van der Waals surface area contributed by atoms with Crippen molar-refractivity contribution in [2.24, 2.45) is 0 Å². The van der Waals surface area contributed by atoms with Gasteiger partial charge < -0.3 is 8.83 Å². The molecular weight excluding hydrogens is 663 g/mol. The van der Waals surface area contributed by atoms with Crippen LogP contribution in [0.15, 0.2) is 185 Å². The molecule has 54 heavy (non-hydrogen) atoms. The first-order valence-corrected chi connectivity index (χ1v) is 18.0. The summed E-state index contributed by atoms with van der Waals surface area (Å²) in [5.41, 5.74) is 10.9. The Morgan fingerprint density at radius 1 is 0.370 bits per heavy atom. The van der Waals surface area contributed by atoms with E-state index in [1.54, 1.807) is 0 Å². The lowest BCUT2D eigenvalue weighted by molar-refractivity contribution is 0.622. The van der Waals surface area contributed by atoms with E-state index in [0.717, 1.165) is 93.8 Å². The molecule has 0 N–H and O–H groups in total. The molecular formula is C49H29N3O2. The second-order valence-electron chi connectivity index (χ2n) is 13.5. The van der Waals surface area contributed by atoms with Gasteiger partial charge >= 0.3 is 0 Å². The molecule has 0 saturated carbocycles. The molecule has 0 atom stereocenters. The highest BCUT2D eigenvalue weighted by atomic mass is 16.4. The number of fused-ring (bicyclic) bond motifs is 8. The van der Waals surface area contributed by atoms with Crippen LogP contribution in [0.3, 0.4) is 0 Å². The van der Waals surface area contributed by atoms with Crippen LogP contribution in [0.1, 0.15) is 0 Å². The molecule has 3 heterocycles. The third-order valence-electron chi connectivity index (χ3n) is 10.4. The number of benzene rings is 8. The maximum atomic E-state index is 6.51. The van der Waals surface area contributed by atoms with E-state index in [0.29, 0.717) is 17.3 Å². The normalized spacial score (nSPS) is 11.7. The van der Waals surface area contributed by atoms with Gasteiger partial charge in [-0.15, -0.1) is 0 Å². The van der Waals surface area contributed by atoms with Crippen molar-refractivity contribution in [1.82, 2.24) is 15.0 Å². The molecule has 0 amide bonds. The first kappa shape index (κ1) is 30.3. The molecule has 5 heteroatoms. The van der Waals surface area contributed by atoms with Gasteiger partial charge in [-0.05, 0) is 75.1 Å². The predicted octanol–water partition coefficient (Wildman–Crippen LogP) is 13.2. The molecule has 0 aliphatic heterocycles. The number of oxazole rings is 1. The second-order valence-corrected chi connectivity index (χ2v) is 13.5. The highest BCUT2D eigenvalue weighted by Crippen LogP contribution is 2.43. The second kappa shape index (κ2) is 12.1. The number of furan rings is 1. The summed E-state index contributed by atoms with van der Waals surface area (Å²) in [5.74, 6) is 1.22. The molecule has 5 nitrogen and oxygen atoms in total. The standard InChI is InChI=1S/C49H29N3O2/c1-3-13-30(14-4-1)33-20-9-10-21-36(33)41-29-42(37-22-11-18-31-15-7-8-19-34(31)37)51-48(50-41)39-24-12-23-38-35(39)25-27-43-45(38)46-44(53-43)28-26-40-47(46)54-49(52-40)32-16-5-2-6-17-32/h1-29H. The molecule has 0 saturated heterocycles. The van der Waals surface area contributed by atoms with Crippen molar-refractivity contribution in [2.45, 2.75) is 0 Å². The third kappa shape index (κ3) is 4.83. The Labute approximate surface area is 309 Å². The fraction of sp³-hybridized carbons (Fsp3) is 0. The maximum Gasteiger partial charge on any atom is 0.227 e. The van der Waals surface area contributed by atoms with E-state index in [9.17, 15) is 0 Å². The van der Waals surface area contributed by atoms with Crippen molar-refractivity contribution in [1.29, 1.82) is 0 Å². The molecule has 252 valence electrons. The van der Waals surface area contributed by atoms with E-state index in [4.69, 9.17) is 23.8 Å². The van der Waals surface area contributed by atoms with Crippen LogP contribution in [-0.4, -0.2) is 15.0 Å². The number of hydrogen-bond acceptors (Lipinski definition) is 5. The Kier molecular flexibility index (Phi) is 6.79. The van der Waals surface area contributed by atoms with Crippen LogP contribution in [0.5, 0.6) is 0 Å². The largest absolute Gasteiger partial charge is 0.456 e. The van der Waals surface area contributed by atoms with E-state index in [1.165, 1.54) is 0 Å². The molecule has 0 unspecified atom stereocenters. The lowest BCUT2D eigenvalue weighted by Crippen LogP contribution is -1.98. The quantitative estimate of drug-likeness (QED) is 0.180. The van der Waals surface area contributed by atoms with Gasteiger partial charge in [-0.2, -0.15) is 0 Å². The number of rotatable bonds is 5. The first-order chi connectivity index (χ1) is 26.8. The Morgan fingerprint density at radius 2 is 0.981 bits per heavy atom. The lowest BCUT2D eigenvalue weighted by atomic mass is 9.95. The Hall–Kier alpha value is -7.37. The van der Waals surface area contributed by atoms with E-state index < -0.39 is 0 Å². The summed E-state index contributed by atoms with van der Waals surface area (Å²) in [6.45, 7) is 0. The van der Waals surface area contributed by atoms with Gasteiger partial charge in [-0.3, -0.25) is 0 Å². The Morgan fingerprint density at radius 3 is 1.83 bits per heavy atom. The first-order valence-electron chi connectivity index (χ1n) is 18.0. The molecule has 11 aromatic rings. The predicted molar refractivity (Wildman–Crippen MR) is 219 cm³/mol. The van der Waals surface area contributed by atoms with Gasteiger partial charge in [0, 0.05) is 27.6 Å². The molecule has 0 bridgehead atoms. The highest BCUT2D eigenvalue weighted by Gasteiger charge is 2.21. The van der Waals surface area contributed by atoms with Crippen LogP contribution in [0.4, 0.5) is 0 Å². The molecule has 0 fully saturated rings. The molecule has 0 aliphatic carbocycles. The summed E-state index contributed by atoms with van der Waals surface area (Å²) < 4.78 is 13.0. The molecule has 0 spiro atoms. The van der Waals surface area contributed by atoms with Gasteiger partial charge in [0.25, 0.3) is 0 Å². The molecule has 0 radical (unpaired) electrons. The van der Waals surface area contributed by atoms with Gasteiger partial charge in [0.05, 0.1) is 16.8 Å². The van der Waals surface area contributed by atoms with Crippen molar-refractivity contribution in [3.8, 4) is 56.5 Å². The minimum atomic E-state index is 0.579. The Balaban J connectivity index is 1.18. The fourth-order valence-electron chi connectivity index (χ4n) is 7.86. The van der Waals surface area contributed by atoms with Crippen LogP contribution in [0.25, 0.3) is 111 Å². The summed E-state index contributed by atoms with van der Waals surface area (Å²) in [4.78, 5) is 15.6. The van der Waals surface area contributed by atoms with Crippen LogP contribution in [0, 0.1) is 0 Å². The zero-order chi connectivity index (χ0) is 35.6. The van der Waals surface area contributed by atoms with E-state index >= 15 is 0 Å². The van der Waals surface area contributed by atoms with Crippen LogP contribution < -0.4 is 0 Å². The smallest absolute Gasteiger partial charge is 0.227 e. The SMILES string of the molecule is c1ccc(-c2nc3ccc4oc5ccc6c(-c7nc(-c8ccccc8-c8ccccc8)cc(-c8cccc9ccccc89)n7)cccc6c5c4c3o2)cc1. The van der Waals surface area contributed by atoms with Gasteiger partial charge in [-0.1, -0.05) is 133 Å². The van der Waals surface area contributed by atoms with Crippen LogP contribution in [-0.2, 0) is 0 Å². The third-order valence-corrected chi connectivity index (χ3v) is 10.4. The molecule has 3 aromatic heterocycles. The summed E-state index contributed by atoms with van der Waals surface area (Å²) in [7, 11) is 0. The van der Waals surface area contributed by atoms with Gasteiger partial charge in [-0.25, -0.2) is 15.0 Å². The average Bonchev–Trinajstić information content (AvgIpc) is 3.86. The summed E-state index contributed by atoms with van der Waals surface area (Å²) >= 11 is 0. The highest BCUT2D eigenvalue weighted by molar-refractivity contribution is 6.26. The molecule has 11 rings (SSSR count). The van der Waals surface area contributed by atoms with E-state index in [1.807, 2.05) is 54.6 Å². The topological polar surface area (TPSA) is 65.0 Å². The van der Waals surface area contributed by atoms with Crippen molar-refractivity contribution >= 4 is 54.6 Å². The minimum absolute atomic E-state index is 0.579. The number of nitrogens with zero attached hydrogens (tertiary/aromatic N) is 3. The minimum Gasteiger partial charge on any atom is -0.456 e. The maximum absolute atomic E-state index is 6.51. The zero-order valence-corrected chi connectivity index (χ0v) is 28.9. The van der Waals surface area contributed by atoms with Crippen LogP contribution >= 0.6 is 0 Å². The fourth-order valence-corrected chi connectivity index (χ4v) is 7.86. The van der Waals surface area contributed by atoms with Crippen molar-refractivity contribution in [3.63, 3.8) is 0 Å². The average molecular weight is 692 g/mol. The van der Waals surface area contributed by atoms with Gasteiger partial charge in [0.15, 0.2) is 11.4 Å². The van der Waals surface area contributed by atoms with E-state index in [-0.39, 0.29) is 0 Å². The number of aromatic nitrogens is 3. The van der Waals surface area contributed by atoms with Crippen molar-refractivity contribution < 1.29 is 8.83 Å². The van der Waals surface area contributed by atoms with Crippen LogP contribution in [0.2, 0.25) is 0 Å². The number of hydrogen-bond donors (Lipinski definition) is 0. The van der Waals surface area contributed by atoms with Crippen molar-refractivity contribution in [3.05, 3.63) is 176 Å². The van der Waals surface area contributed by atoms with Crippen molar-refractivity contribution in [2.75, 3.05) is 0 Å². The summed E-state index contributed by atoms with van der Waals surface area (Å²) in [6, 6.07) is 60.4.